The summed E-state index contributed by atoms with van der Waals surface area (Å²) in [5.74, 6) is 0. The lowest BCUT2D eigenvalue weighted by Crippen LogP contribution is -1.98. The lowest BCUT2D eigenvalue weighted by atomic mass is 10.2. The molecule has 0 radical (unpaired) electrons. The minimum Gasteiger partial charge on any atom is -0.330 e. The Morgan fingerprint density at radius 2 is 2.12 bits per heavy atom. The summed E-state index contributed by atoms with van der Waals surface area (Å²) in [6.07, 6.45) is 2.54. The Morgan fingerprint density at radius 1 is 1.50 bits per heavy atom. The van der Waals surface area contributed by atoms with Crippen LogP contribution in [0.1, 0.15) is 19.3 Å². The van der Waals surface area contributed by atoms with Crippen molar-refractivity contribution in [1.82, 2.24) is 0 Å². The van der Waals surface area contributed by atoms with Gasteiger partial charge in [0.2, 0.25) is 0 Å². The van der Waals surface area contributed by atoms with Crippen LogP contribution < -0.4 is 5.73 Å². The Balaban J connectivity index is 2.82. The molecule has 0 aliphatic carbocycles. The molecule has 0 bridgehead atoms. The molecule has 0 aromatic rings. The zero-order valence-electron chi connectivity index (χ0n) is 4.89. The summed E-state index contributed by atoms with van der Waals surface area (Å²) in [7, 11) is 2.15. The number of rotatable bonds is 4. The molecule has 0 heterocycles. The van der Waals surface area contributed by atoms with E-state index < -0.39 is 0 Å². The normalized spacial score (nSPS) is 9.25. The monoisotopic (exact) mass is 133 g/mol. The van der Waals surface area contributed by atoms with Crippen molar-refractivity contribution in [2.75, 3.05) is 6.54 Å². The van der Waals surface area contributed by atoms with E-state index in [0.29, 0.717) is 13.0 Å². The lowest BCUT2D eigenvalue weighted by Gasteiger charge is -1.90. The van der Waals surface area contributed by atoms with Gasteiger partial charge in [-0.1, -0.05) is 9.24 Å². The maximum atomic E-state index is 10.2. The molecule has 0 saturated heterocycles. The van der Waals surface area contributed by atoms with Crippen molar-refractivity contribution in [2.45, 2.75) is 19.3 Å². The predicted octanol–water partition coefficient (Wildman–Crippen LogP) is 0.517. The third kappa shape index (κ3) is 6.06. The van der Waals surface area contributed by atoms with Crippen LogP contribution in [-0.2, 0) is 4.79 Å². The van der Waals surface area contributed by atoms with Crippen molar-refractivity contribution >= 4 is 14.8 Å². The molecule has 48 valence electrons. The first-order valence-corrected chi connectivity index (χ1v) is 3.33. The van der Waals surface area contributed by atoms with Crippen LogP contribution in [0.5, 0.6) is 0 Å². The quantitative estimate of drug-likeness (QED) is 0.448. The highest BCUT2D eigenvalue weighted by atomic mass is 31.0. The number of hydrogen-bond donors (Lipinski definition) is 1. The molecule has 0 saturated carbocycles. The van der Waals surface area contributed by atoms with Gasteiger partial charge in [0.25, 0.3) is 0 Å². The Kier molecular flexibility index (Phi) is 5.24. The second-order valence-electron chi connectivity index (χ2n) is 1.71. The molecule has 0 aliphatic heterocycles. The number of carbonyl (C=O) groups is 1. The third-order valence-electron chi connectivity index (χ3n) is 0.877. The van der Waals surface area contributed by atoms with Gasteiger partial charge < -0.3 is 5.73 Å². The van der Waals surface area contributed by atoms with E-state index in [9.17, 15) is 4.79 Å². The number of nitrogens with two attached hydrogens (primary N) is 1. The van der Waals surface area contributed by atoms with Crippen molar-refractivity contribution in [3.05, 3.63) is 0 Å². The van der Waals surface area contributed by atoms with Crippen LogP contribution in [-0.4, -0.2) is 12.1 Å². The topological polar surface area (TPSA) is 43.1 Å². The van der Waals surface area contributed by atoms with Crippen LogP contribution in [0.2, 0.25) is 0 Å². The van der Waals surface area contributed by atoms with Gasteiger partial charge in [-0.3, -0.25) is 4.79 Å². The number of unbranched alkanes of at least 4 members (excludes halogenated alkanes) is 1. The van der Waals surface area contributed by atoms with Gasteiger partial charge in [0, 0.05) is 6.42 Å². The molecular formula is C5H12NOP. The summed E-state index contributed by atoms with van der Waals surface area (Å²) >= 11 is 0. The molecule has 0 spiro atoms. The summed E-state index contributed by atoms with van der Waals surface area (Å²) in [5, 5.41) is 0. The predicted molar refractivity (Wildman–Crippen MR) is 37.6 cm³/mol. The zero-order valence-corrected chi connectivity index (χ0v) is 6.05. The first-order chi connectivity index (χ1) is 3.77. The van der Waals surface area contributed by atoms with E-state index in [1.54, 1.807) is 0 Å². The minimum atomic E-state index is 0.179. The Morgan fingerprint density at radius 3 is 2.50 bits per heavy atom. The molecule has 0 amide bonds. The standard InChI is InChI=1S/C5H12NOP/c6-4-2-1-3-5(7)8/h1-4,6,8H2. The van der Waals surface area contributed by atoms with E-state index >= 15 is 0 Å². The second kappa shape index (κ2) is 5.20. The summed E-state index contributed by atoms with van der Waals surface area (Å²) in [6, 6.07) is 0. The molecule has 2 nitrogen and oxygen atoms in total. The van der Waals surface area contributed by atoms with Crippen LogP contribution in [0.25, 0.3) is 0 Å². The van der Waals surface area contributed by atoms with E-state index in [0.717, 1.165) is 12.8 Å². The molecule has 1 unspecified atom stereocenters. The fraction of sp³-hybridized carbons (Fsp3) is 0.800. The first kappa shape index (κ1) is 8.06. The molecule has 1 atom stereocenters. The molecule has 0 rings (SSSR count). The molecule has 8 heavy (non-hydrogen) atoms. The SMILES string of the molecule is NCCCCC(=O)P. The molecule has 2 N–H and O–H groups in total. The summed E-state index contributed by atoms with van der Waals surface area (Å²) < 4.78 is 0. The summed E-state index contributed by atoms with van der Waals surface area (Å²) in [4.78, 5) is 10.2. The second-order valence-corrected chi connectivity index (χ2v) is 2.36. The maximum absolute atomic E-state index is 10.2. The summed E-state index contributed by atoms with van der Waals surface area (Å²) in [5.41, 5.74) is 5.38. The number of carbonyl (C=O) groups excluding carboxylic acids is 1. The number of hydrogen-bond acceptors (Lipinski definition) is 2. The van der Waals surface area contributed by atoms with Crippen LogP contribution in [0.3, 0.4) is 0 Å². The molecule has 3 heteroatoms. The molecular weight excluding hydrogens is 121 g/mol. The highest BCUT2D eigenvalue weighted by Gasteiger charge is 1.89. The first-order valence-electron chi connectivity index (χ1n) is 2.75. The fourth-order valence-corrected chi connectivity index (χ4v) is 0.648. The van der Waals surface area contributed by atoms with Gasteiger partial charge in [0.1, 0.15) is 5.52 Å². The van der Waals surface area contributed by atoms with Crippen molar-refractivity contribution in [3.8, 4) is 0 Å². The molecule has 0 aromatic heterocycles. The zero-order chi connectivity index (χ0) is 6.41. The average molecular weight is 133 g/mol. The van der Waals surface area contributed by atoms with Crippen LogP contribution in [0.15, 0.2) is 0 Å². The molecule has 0 fully saturated rings. The Hall–Kier alpha value is 0.0600. The highest BCUT2D eigenvalue weighted by molar-refractivity contribution is 7.40. The van der Waals surface area contributed by atoms with E-state index in [2.05, 4.69) is 9.24 Å². The lowest BCUT2D eigenvalue weighted by molar-refractivity contribution is -0.111. The van der Waals surface area contributed by atoms with Gasteiger partial charge in [-0.05, 0) is 19.4 Å². The Bertz CT molecular complexity index is 74.8. The highest BCUT2D eigenvalue weighted by Crippen LogP contribution is 1.98. The average Bonchev–Trinajstić information content (AvgIpc) is 1.66. The van der Waals surface area contributed by atoms with Crippen LogP contribution >= 0.6 is 9.24 Å². The van der Waals surface area contributed by atoms with Gasteiger partial charge in [-0.2, -0.15) is 0 Å². The molecule has 0 aromatic carbocycles. The van der Waals surface area contributed by atoms with Gasteiger partial charge >= 0.3 is 0 Å². The van der Waals surface area contributed by atoms with Crippen LogP contribution in [0, 0.1) is 0 Å². The summed E-state index contributed by atoms with van der Waals surface area (Å²) in [6.45, 7) is 0.692. The molecule has 0 aliphatic rings. The van der Waals surface area contributed by atoms with Crippen LogP contribution in [0.4, 0.5) is 0 Å². The van der Waals surface area contributed by atoms with Gasteiger partial charge in [-0.25, -0.2) is 0 Å². The Labute approximate surface area is 52.0 Å². The smallest absolute Gasteiger partial charge is 0.148 e. The van der Waals surface area contributed by atoms with Crippen molar-refractivity contribution < 1.29 is 4.79 Å². The van der Waals surface area contributed by atoms with Crippen molar-refractivity contribution in [3.63, 3.8) is 0 Å². The van der Waals surface area contributed by atoms with E-state index in [4.69, 9.17) is 5.73 Å². The van der Waals surface area contributed by atoms with Gasteiger partial charge in [-0.15, -0.1) is 0 Å². The van der Waals surface area contributed by atoms with Gasteiger partial charge in [0.15, 0.2) is 0 Å². The van der Waals surface area contributed by atoms with E-state index in [1.807, 2.05) is 0 Å². The third-order valence-corrected chi connectivity index (χ3v) is 1.17. The largest absolute Gasteiger partial charge is 0.330 e. The fourth-order valence-electron chi connectivity index (χ4n) is 0.444. The van der Waals surface area contributed by atoms with Crippen molar-refractivity contribution in [2.24, 2.45) is 5.73 Å². The van der Waals surface area contributed by atoms with E-state index in [1.165, 1.54) is 0 Å². The van der Waals surface area contributed by atoms with Crippen molar-refractivity contribution in [1.29, 1.82) is 0 Å². The van der Waals surface area contributed by atoms with E-state index in [-0.39, 0.29) is 5.52 Å². The van der Waals surface area contributed by atoms with Gasteiger partial charge in [0.05, 0.1) is 0 Å². The minimum absolute atomic E-state index is 0.179. The maximum Gasteiger partial charge on any atom is 0.148 e.